The van der Waals surface area contributed by atoms with E-state index in [1.807, 2.05) is 42.5 Å². The molecule has 2 fully saturated rings. The number of nitrogens with one attached hydrogen (secondary N) is 2. The van der Waals surface area contributed by atoms with Gasteiger partial charge < -0.3 is 29.9 Å². The first-order valence-corrected chi connectivity index (χ1v) is 23.6. The topological polar surface area (TPSA) is 112 Å². The van der Waals surface area contributed by atoms with Gasteiger partial charge in [-0.2, -0.15) is 9.97 Å². The van der Waals surface area contributed by atoms with Crippen LogP contribution >= 0.6 is 0 Å². The van der Waals surface area contributed by atoms with E-state index in [0.29, 0.717) is 55.4 Å². The zero-order valence-corrected chi connectivity index (χ0v) is 37.3. The van der Waals surface area contributed by atoms with Gasteiger partial charge in [0.15, 0.2) is 0 Å². The number of anilines is 3. The third-order valence-electron chi connectivity index (χ3n) is 13.3. The molecule has 6 heterocycles. The first-order chi connectivity index (χ1) is 31.9. The molecule has 6 aromatic rings. The molecular formula is C53H60FN7O4. The van der Waals surface area contributed by atoms with Gasteiger partial charge in [0.05, 0.1) is 13.2 Å². The summed E-state index contributed by atoms with van der Waals surface area (Å²) >= 11 is 0. The molecule has 0 aliphatic carbocycles. The zero-order valence-electron chi connectivity index (χ0n) is 37.3. The summed E-state index contributed by atoms with van der Waals surface area (Å²) in [4.78, 5) is 39.4. The number of hydrogen-bond donors (Lipinski definition) is 2. The van der Waals surface area contributed by atoms with Crippen LogP contribution in [0.3, 0.4) is 0 Å². The summed E-state index contributed by atoms with van der Waals surface area (Å²) in [5.74, 6) is 2.98. The Morgan fingerprint density at radius 1 is 0.569 bits per heavy atom. The van der Waals surface area contributed by atoms with Crippen LogP contribution in [-0.4, -0.2) is 97.2 Å². The Kier molecular flexibility index (Phi) is 14.4. The highest BCUT2D eigenvalue weighted by Crippen LogP contribution is 2.34. The number of carbonyl (C=O) groups is 2. The highest BCUT2D eigenvalue weighted by atomic mass is 19.1. The number of fused-ring (bicyclic) bond motifs is 4. The molecule has 0 radical (unpaired) electrons. The second-order valence-corrected chi connectivity index (χ2v) is 17.7. The predicted octanol–water partition coefficient (Wildman–Crippen LogP) is 9.40. The standard InChI is InChI=1S/C27H31N3O2.C26H29FN4O2/c31-25-12-10-22-11-13-26(29-27(22)28-25)32-19-4-3-16-30-17-14-21(15-18-30)24-9-5-7-20-6-1-2-8-23(20)24;27-21-9-6-19-4-3-5-23(22(19)18-21)31-15-13-30(14-16-31)12-1-2-17-33-25-11-8-20-7-10-24(32)28-26(20)29-25/h1-2,5-9,11,13,21H,3-4,10,12,14-19H2,(H,28,29,31);3-6,8-9,11,18H,1-2,7,10,12-17H2,(H,28,29,32). The number of piperazine rings is 1. The number of benzene rings is 4. The number of ether oxygens (including phenoxy) is 2. The number of aromatic nitrogens is 2. The number of aryl methyl sites for hydroxylation is 2. The Bertz CT molecular complexity index is 2580. The molecule has 11 nitrogen and oxygen atoms in total. The van der Waals surface area contributed by atoms with Crippen molar-refractivity contribution in [2.75, 3.05) is 81.1 Å². The largest absolute Gasteiger partial charge is 0.478 e. The summed E-state index contributed by atoms with van der Waals surface area (Å²) < 4.78 is 25.4. The number of unbranched alkanes of at least 4 members (excludes halogenated alkanes) is 2. The van der Waals surface area contributed by atoms with Gasteiger partial charge in [-0.1, -0.05) is 60.7 Å². The Morgan fingerprint density at radius 2 is 1.14 bits per heavy atom. The molecule has 0 saturated carbocycles. The number of nitrogens with zero attached hydrogens (tertiary/aromatic N) is 5. The molecule has 4 aliphatic rings. The predicted molar refractivity (Wildman–Crippen MR) is 257 cm³/mol. The van der Waals surface area contributed by atoms with Gasteiger partial charge in [0.1, 0.15) is 17.5 Å². The fourth-order valence-corrected chi connectivity index (χ4v) is 9.63. The average Bonchev–Trinajstić information content (AvgIpc) is 3.34. The van der Waals surface area contributed by atoms with Crippen LogP contribution in [0.2, 0.25) is 0 Å². The molecule has 0 unspecified atom stereocenters. The number of amides is 2. The van der Waals surface area contributed by atoms with Gasteiger partial charge in [0.2, 0.25) is 23.6 Å². The molecule has 10 rings (SSSR count). The molecule has 12 heteroatoms. The Hall–Kier alpha value is -6.11. The average molecular weight is 878 g/mol. The van der Waals surface area contributed by atoms with E-state index in [-0.39, 0.29) is 17.6 Å². The molecule has 4 aromatic carbocycles. The van der Waals surface area contributed by atoms with E-state index in [1.54, 1.807) is 6.07 Å². The first kappa shape index (κ1) is 44.1. The molecule has 0 spiro atoms. The van der Waals surface area contributed by atoms with Crippen molar-refractivity contribution in [3.63, 3.8) is 0 Å². The van der Waals surface area contributed by atoms with Gasteiger partial charge >= 0.3 is 0 Å². The van der Waals surface area contributed by atoms with Crippen LogP contribution in [0.15, 0.2) is 103 Å². The van der Waals surface area contributed by atoms with E-state index < -0.39 is 0 Å². The van der Waals surface area contributed by atoms with Crippen LogP contribution in [0.25, 0.3) is 21.5 Å². The van der Waals surface area contributed by atoms with E-state index in [1.165, 1.54) is 48.3 Å². The van der Waals surface area contributed by atoms with Crippen molar-refractivity contribution in [3.05, 3.63) is 126 Å². The van der Waals surface area contributed by atoms with Gasteiger partial charge in [-0.25, -0.2) is 4.39 Å². The van der Waals surface area contributed by atoms with Crippen LogP contribution < -0.4 is 25.0 Å². The van der Waals surface area contributed by atoms with Crippen molar-refractivity contribution in [1.82, 2.24) is 19.8 Å². The first-order valence-electron chi connectivity index (χ1n) is 23.6. The minimum Gasteiger partial charge on any atom is -0.478 e. The highest BCUT2D eigenvalue weighted by Gasteiger charge is 2.23. The van der Waals surface area contributed by atoms with Crippen molar-refractivity contribution in [1.29, 1.82) is 0 Å². The number of carbonyl (C=O) groups excluding carboxylic acids is 2. The van der Waals surface area contributed by atoms with Gasteiger partial charge in [-0.05, 0) is 147 Å². The maximum Gasteiger partial charge on any atom is 0.225 e. The third-order valence-corrected chi connectivity index (χ3v) is 13.3. The number of hydrogen-bond acceptors (Lipinski definition) is 9. The lowest BCUT2D eigenvalue weighted by Gasteiger charge is -2.36. The molecule has 4 aliphatic heterocycles. The molecule has 2 saturated heterocycles. The van der Waals surface area contributed by atoms with Crippen LogP contribution in [0, 0.1) is 5.82 Å². The van der Waals surface area contributed by atoms with Crippen molar-refractivity contribution < 1.29 is 23.5 Å². The van der Waals surface area contributed by atoms with Crippen LogP contribution in [0.1, 0.15) is 74.0 Å². The van der Waals surface area contributed by atoms with Crippen molar-refractivity contribution in [2.45, 2.75) is 70.1 Å². The lowest BCUT2D eigenvalue weighted by Crippen LogP contribution is -2.46. The fraction of sp³-hybridized carbons (Fsp3) is 0.396. The molecule has 2 amide bonds. The Labute approximate surface area is 381 Å². The highest BCUT2D eigenvalue weighted by molar-refractivity contribution is 5.95. The summed E-state index contributed by atoms with van der Waals surface area (Å²) in [6, 6.07) is 34.5. The Morgan fingerprint density at radius 3 is 1.78 bits per heavy atom. The van der Waals surface area contributed by atoms with Gasteiger partial charge in [-0.3, -0.25) is 14.5 Å². The molecule has 0 atom stereocenters. The summed E-state index contributed by atoms with van der Waals surface area (Å²) in [6.07, 6.45) is 9.15. The second-order valence-electron chi connectivity index (χ2n) is 17.7. The normalized spacial score (nSPS) is 16.8. The van der Waals surface area contributed by atoms with E-state index >= 15 is 0 Å². The van der Waals surface area contributed by atoms with Crippen molar-refractivity contribution in [2.24, 2.45) is 0 Å². The molecule has 0 bridgehead atoms. The van der Waals surface area contributed by atoms with Gasteiger partial charge in [-0.15, -0.1) is 0 Å². The number of pyridine rings is 2. The monoisotopic (exact) mass is 877 g/mol. The third kappa shape index (κ3) is 11.4. The maximum absolute atomic E-state index is 13.8. The summed E-state index contributed by atoms with van der Waals surface area (Å²) in [5.41, 5.74) is 4.79. The summed E-state index contributed by atoms with van der Waals surface area (Å²) in [6.45, 7) is 9.65. The van der Waals surface area contributed by atoms with E-state index in [9.17, 15) is 14.0 Å². The molecule has 338 valence electrons. The van der Waals surface area contributed by atoms with Crippen LogP contribution in [-0.2, 0) is 22.4 Å². The van der Waals surface area contributed by atoms with E-state index in [4.69, 9.17) is 9.47 Å². The van der Waals surface area contributed by atoms with E-state index in [2.05, 4.69) is 83.8 Å². The summed E-state index contributed by atoms with van der Waals surface area (Å²) in [7, 11) is 0. The number of halogens is 1. The van der Waals surface area contributed by atoms with E-state index in [0.717, 1.165) is 105 Å². The SMILES string of the molecule is O=C1CCc2ccc(OCCCCN3CCC(c4cccc5ccccc45)CC3)nc2N1.O=C1CCc2ccc(OCCCCN3CCN(c4cccc5ccc(F)cc45)CC3)nc2N1. The smallest absolute Gasteiger partial charge is 0.225 e. The lowest BCUT2D eigenvalue weighted by atomic mass is 9.86. The lowest BCUT2D eigenvalue weighted by molar-refractivity contribution is -0.117. The number of likely N-dealkylation sites (tertiary alicyclic amines) is 1. The fourth-order valence-electron chi connectivity index (χ4n) is 9.63. The zero-order chi connectivity index (χ0) is 44.4. The maximum atomic E-state index is 13.8. The van der Waals surface area contributed by atoms with Crippen molar-refractivity contribution in [3.8, 4) is 11.8 Å². The van der Waals surface area contributed by atoms with Gasteiger partial charge in [0.25, 0.3) is 0 Å². The number of rotatable bonds is 14. The van der Waals surface area contributed by atoms with Gasteiger partial charge in [0, 0.05) is 62.2 Å². The van der Waals surface area contributed by atoms with Crippen LogP contribution in [0.5, 0.6) is 11.8 Å². The minimum absolute atomic E-state index is 0.0138. The second kappa shape index (κ2) is 21.3. The minimum atomic E-state index is -0.189. The quantitative estimate of drug-likeness (QED) is 0.103. The molecule has 2 N–H and O–H groups in total. The molecular weight excluding hydrogens is 818 g/mol. The van der Waals surface area contributed by atoms with Crippen LogP contribution in [0.4, 0.5) is 21.7 Å². The molecule has 65 heavy (non-hydrogen) atoms. The summed E-state index contributed by atoms with van der Waals surface area (Å²) in [5, 5.41) is 10.5. The Balaban J connectivity index is 0.000000164. The molecule has 2 aromatic heterocycles. The number of piperidine rings is 1. The van der Waals surface area contributed by atoms with Crippen molar-refractivity contribution >= 4 is 50.7 Å².